The van der Waals surface area contributed by atoms with Gasteiger partial charge in [-0.15, -0.1) is 11.3 Å². The van der Waals surface area contributed by atoms with Crippen molar-refractivity contribution in [2.75, 3.05) is 26.5 Å². The first-order valence-corrected chi connectivity index (χ1v) is 10.6. The van der Waals surface area contributed by atoms with Crippen molar-refractivity contribution in [2.45, 2.75) is 25.3 Å². The number of nitrogens with one attached hydrogen (secondary N) is 1. The second kappa shape index (κ2) is 9.25. The van der Waals surface area contributed by atoms with E-state index < -0.39 is 0 Å². The van der Waals surface area contributed by atoms with Gasteiger partial charge in [-0.2, -0.15) is 0 Å². The summed E-state index contributed by atoms with van der Waals surface area (Å²) < 4.78 is 10.6. The second-order valence-corrected chi connectivity index (χ2v) is 8.39. The van der Waals surface area contributed by atoms with E-state index >= 15 is 0 Å². The Morgan fingerprint density at radius 3 is 2.71 bits per heavy atom. The zero-order valence-corrected chi connectivity index (χ0v) is 18.0. The topological polar surface area (TPSA) is 73.3 Å². The lowest BCUT2D eigenvalue weighted by molar-refractivity contribution is -0.118. The Bertz CT molecular complexity index is 988. The summed E-state index contributed by atoms with van der Waals surface area (Å²) in [6.45, 7) is 4.71. The first-order valence-electron chi connectivity index (χ1n) is 8.84. The maximum absolute atomic E-state index is 12.2. The highest BCUT2D eigenvalue weighted by molar-refractivity contribution is 8.00. The van der Waals surface area contributed by atoms with Crippen LogP contribution in [-0.4, -0.2) is 42.4 Å². The van der Waals surface area contributed by atoms with Gasteiger partial charge in [0.1, 0.15) is 16.2 Å². The molecule has 0 bridgehead atoms. The fraction of sp³-hybridized carbons (Fsp3) is 0.350. The van der Waals surface area contributed by atoms with Gasteiger partial charge in [0.05, 0.1) is 20.0 Å². The molecule has 0 atom stereocenters. The van der Waals surface area contributed by atoms with Gasteiger partial charge in [-0.1, -0.05) is 17.8 Å². The van der Waals surface area contributed by atoms with Crippen LogP contribution >= 0.6 is 23.1 Å². The lowest BCUT2D eigenvalue weighted by Gasteiger charge is -2.10. The third-order valence-electron chi connectivity index (χ3n) is 4.45. The molecule has 0 unspecified atom stereocenters. The molecule has 0 spiro atoms. The molecule has 2 aromatic heterocycles. The Balaban J connectivity index is 1.53. The number of hydrogen-bond donors (Lipinski definition) is 1. The molecule has 3 rings (SSSR count). The molecule has 6 nitrogen and oxygen atoms in total. The van der Waals surface area contributed by atoms with Gasteiger partial charge in [0.2, 0.25) is 5.91 Å². The number of fused-ring (bicyclic) bond motifs is 1. The van der Waals surface area contributed by atoms with Crippen LogP contribution in [0.3, 0.4) is 0 Å². The molecule has 3 aromatic rings. The lowest BCUT2D eigenvalue weighted by atomic mass is 10.1. The number of methoxy groups -OCH3 is 2. The van der Waals surface area contributed by atoms with Crippen LogP contribution in [0.15, 0.2) is 29.6 Å². The van der Waals surface area contributed by atoms with Crippen molar-refractivity contribution in [2.24, 2.45) is 0 Å². The van der Waals surface area contributed by atoms with Gasteiger partial charge >= 0.3 is 0 Å². The summed E-state index contributed by atoms with van der Waals surface area (Å²) >= 11 is 3.11. The Hall–Kier alpha value is -2.32. The SMILES string of the molecule is COc1ccc(CCNC(=O)CSc2ncnc3sc(C)c(C)c23)cc1OC. The van der Waals surface area contributed by atoms with E-state index in [1.165, 1.54) is 22.2 Å². The summed E-state index contributed by atoms with van der Waals surface area (Å²) in [7, 11) is 3.22. The number of carbonyl (C=O) groups is 1. The largest absolute Gasteiger partial charge is 0.493 e. The van der Waals surface area contributed by atoms with Crippen molar-refractivity contribution < 1.29 is 14.3 Å². The van der Waals surface area contributed by atoms with Crippen molar-refractivity contribution >= 4 is 39.2 Å². The molecule has 0 aliphatic heterocycles. The van der Waals surface area contributed by atoms with E-state index in [4.69, 9.17) is 9.47 Å². The Morgan fingerprint density at radius 2 is 1.96 bits per heavy atom. The normalized spacial score (nSPS) is 10.9. The van der Waals surface area contributed by atoms with E-state index in [0.717, 1.165) is 27.2 Å². The monoisotopic (exact) mass is 417 g/mol. The number of ether oxygens (including phenoxy) is 2. The van der Waals surface area contributed by atoms with E-state index in [0.29, 0.717) is 23.8 Å². The van der Waals surface area contributed by atoms with Crippen LogP contribution in [0, 0.1) is 13.8 Å². The highest BCUT2D eigenvalue weighted by Gasteiger charge is 2.13. The van der Waals surface area contributed by atoms with Crippen molar-refractivity contribution in [3.63, 3.8) is 0 Å². The predicted octanol–water partition coefficient (Wildman–Crippen LogP) is 3.78. The van der Waals surface area contributed by atoms with Crippen molar-refractivity contribution in [3.8, 4) is 11.5 Å². The average Bonchev–Trinajstić information content (AvgIpc) is 3.00. The van der Waals surface area contributed by atoms with Crippen molar-refractivity contribution in [3.05, 3.63) is 40.5 Å². The minimum Gasteiger partial charge on any atom is -0.493 e. The molecule has 0 aliphatic carbocycles. The average molecular weight is 418 g/mol. The molecule has 148 valence electrons. The fourth-order valence-corrected chi connectivity index (χ4v) is 4.77. The zero-order chi connectivity index (χ0) is 20.1. The second-order valence-electron chi connectivity index (χ2n) is 6.22. The number of amides is 1. The molecule has 2 heterocycles. The summed E-state index contributed by atoms with van der Waals surface area (Å²) in [6.07, 6.45) is 2.28. The quantitative estimate of drug-likeness (QED) is 0.444. The standard InChI is InChI=1S/C20H23N3O3S2/c1-12-13(2)28-20-18(12)19(22-11-23-20)27-10-17(24)21-8-7-14-5-6-15(25-3)16(9-14)26-4/h5-6,9,11H,7-8,10H2,1-4H3,(H,21,24). The van der Waals surface area contributed by atoms with Crippen LogP contribution in [0.4, 0.5) is 0 Å². The molecule has 0 radical (unpaired) electrons. The Kier molecular flexibility index (Phi) is 6.74. The van der Waals surface area contributed by atoms with E-state index in [2.05, 4.69) is 29.1 Å². The van der Waals surface area contributed by atoms with E-state index in [-0.39, 0.29) is 5.91 Å². The number of thioether (sulfide) groups is 1. The van der Waals surface area contributed by atoms with Gasteiger partial charge in [0.15, 0.2) is 11.5 Å². The van der Waals surface area contributed by atoms with E-state index in [9.17, 15) is 4.79 Å². The molecule has 0 saturated heterocycles. The molecule has 28 heavy (non-hydrogen) atoms. The molecule has 0 saturated carbocycles. The third kappa shape index (κ3) is 4.56. The highest BCUT2D eigenvalue weighted by Crippen LogP contribution is 2.34. The van der Waals surface area contributed by atoms with Gasteiger partial charge in [-0.25, -0.2) is 9.97 Å². The first-order chi connectivity index (χ1) is 13.5. The van der Waals surface area contributed by atoms with Crippen molar-refractivity contribution in [1.82, 2.24) is 15.3 Å². The maximum Gasteiger partial charge on any atom is 0.230 e. The minimum absolute atomic E-state index is 0.0122. The molecular weight excluding hydrogens is 394 g/mol. The summed E-state index contributed by atoms with van der Waals surface area (Å²) in [5, 5.41) is 4.89. The number of carbonyl (C=O) groups excluding carboxylic acids is 1. The van der Waals surface area contributed by atoms with Crippen LogP contribution in [0.5, 0.6) is 11.5 Å². The molecular formula is C20H23N3O3S2. The number of aryl methyl sites for hydroxylation is 2. The highest BCUT2D eigenvalue weighted by atomic mass is 32.2. The number of thiophene rings is 1. The van der Waals surface area contributed by atoms with Crippen molar-refractivity contribution in [1.29, 1.82) is 0 Å². The van der Waals surface area contributed by atoms with Gasteiger partial charge in [-0.05, 0) is 43.5 Å². The van der Waals surface area contributed by atoms with Crippen LogP contribution < -0.4 is 14.8 Å². The number of hydrogen-bond acceptors (Lipinski definition) is 7. The first kappa shape index (κ1) is 20.4. The van der Waals surface area contributed by atoms with Crippen LogP contribution in [0.2, 0.25) is 0 Å². The van der Waals surface area contributed by atoms with Gasteiger partial charge < -0.3 is 14.8 Å². The molecule has 0 fully saturated rings. The molecule has 1 N–H and O–H groups in total. The van der Waals surface area contributed by atoms with Crippen LogP contribution in [-0.2, 0) is 11.2 Å². The molecule has 1 aromatic carbocycles. The van der Waals surface area contributed by atoms with Gasteiger partial charge in [0.25, 0.3) is 0 Å². The minimum atomic E-state index is -0.0122. The van der Waals surface area contributed by atoms with E-state index in [1.54, 1.807) is 31.9 Å². The summed E-state index contributed by atoms with van der Waals surface area (Å²) in [6, 6.07) is 5.78. The molecule has 1 amide bonds. The number of rotatable bonds is 8. The predicted molar refractivity (Wildman–Crippen MR) is 114 cm³/mol. The van der Waals surface area contributed by atoms with Crippen LogP contribution in [0.1, 0.15) is 16.0 Å². The number of nitrogens with zero attached hydrogens (tertiary/aromatic N) is 2. The van der Waals surface area contributed by atoms with Gasteiger partial charge in [-0.3, -0.25) is 4.79 Å². The fourth-order valence-electron chi connectivity index (χ4n) is 2.83. The smallest absolute Gasteiger partial charge is 0.230 e. The molecule has 0 aliphatic rings. The summed E-state index contributed by atoms with van der Waals surface area (Å²) in [5.41, 5.74) is 2.27. The summed E-state index contributed by atoms with van der Waals surface area (Å²) in [5.74, 6) is 1.70. The van der Waals surface area contributed by atoms with Crippen LogP contribution in [0.25, 0.3) is 10.2 Å². The maximum atomic E-state index is 12.2. The number of benzene rings is 1. The van der Waals surface area contributed by atoms with E-state index in [1.807, 2.05) is 18.2 Å². The van der Waals surface area contributed by atoms with Gasteiger partial charge in [0, 0.05) is 16.8 Å². The number of aromatic nitrogens is 2. The zero-order valence-electron chi connectivity index (χ0n) is 16.4. The Morgan fingerprint density at radius 1 is 1.18 bits per heavy atom. The molecule has 8 heteroatoms. The third-order valence-corrected chi connectivity index (χ3v) is 6.56. The summed E-state index contributed by atoms with van der Waals surface area (Å²) in [4.78, 5) is 23.1. The lowest BCUT2D eigenvalue weighted by Crippen LogP contribution is -2.27. The Labute approximate surface area is 172 Å².